The summed E-state index contributed by atoms with van der Waals surface area (Å²) in [7, 11) is 0. The number of anilines is 1. The van der Waals surface area contributed by atoms with Crippen molar-refractivity contribution < 1.29 is 14.0 Å². The summed E-state index contributed by atoms with van der Waals surface area (Å²) in [5.74, 6) is -0.667. The number of nitrogens with one attached hydrogen (secondary N) is 2. The van der Waals surface area contributed by atoms with Crippen molar-refractivity contribution in [3.63, 3.8) is 0 Å². The average molecular weight is 376 g/mol. The highest BCUT2D eigenvalue weighted by molar-refractivity contribution is 7.09. The van der Waals surface area contributed by atoms with E-state index in [2.05, 4.69) is 15.6 Å². The third-order valence-electron chi connectivity index (χ3n) is 4.00. The Morgan fingerprint density at radius 2 is 2.08 bits per heavy atom. The monoisotopic (exact) mass is 376 g/mol. The largest absolute Gasteiger partial charge is 0.348 e. The van der Waals surface area contributed by atoms with E-state index in [9.17, 15) is 14.0 Å². The van der Waals surface area contributed by atoms with E-state index in [0.717, 1.165) is 12.8 Å². The Bertz CT molecular complexity index is 804. The van der Waals surface area contributed by atoms with Crippen LogP contribution in [0.15, 0.2) is 29.6 Å². The number of thiazole rings is 1. The fourth-order valence-electron chi connectivity index (χ4n) is 2.36. The van der Waals surface area contributed by atoms with Gasteiger partial charge in [-0.25, -0.2) is 14.2 Å². The number of para-hydroxylation sites is 1. The van der Waals surface area contributed by atoms with Crippen molar-refractivity contribution in [2.24, 2.45) is 0 Å². The molecule has 0 saturated heterocycles. The van der Waals surface area contributed by atoms with Crippen LogP contribution in [0, 0.1) is 5.82 Å². The van der Waals surface area contributed by atoms with Gasteiger partial charge in [0.15, 0.2) is 0 Å². The third kappa shape index (κ3) is 4.57. The number of nitrogens with zero attached hydrogens (tertiary/aromatic N) is 2. The molecule has 0 atom stereocenters. The summed E-state index contributed by atoms with van der Waals surface area (Å²) in [6.45, 7) is 3.99. The van der Waals surface area contributed by atoms with E-state index in [1.54, 1.807) is 22.4 Å². The van der Waals surface area contributed by atoms with Gasteiger partial charge in [0.25, 0.3) is 5.91 Å². The third-order valence-corrected chi connectivity index (χ3v) is 4.84. The molecule has 3 rings (SSSR count). The van der Waals surface area contributed by atoms with Crippen LogP contribution >= 0.6 is 11.3 Å². The van der Waals surface area contributed by atoms with Gasteiger partial charge in [0.05, 0.1) is 12.2 Å². The number of rotatable bonds is 6. The van der Waals surface area contributed by atoms with Crippen molar-refractivity contribution in [1.29, 1.82) is 0 Å². The van der Waals surface area contributed by atoms with E-state index in [1.807, 2.05) is 13.8 Å². The standard InChI is InChI=1S/C18H21FN4O2S/c1-11(2)23(18(25)22-14-6-4-3-5-13(14)19)9-16-21-15(10-26-16)17(24)20-12-7-8-12/h3-6,10-12H,7-9H2,1-2H3,(H,20,24)(H,22,25). The summed E-state index contributed by atoms with van der Waals surface area (Å²) in [5, 5.41) is 7.83. The summed E-state index contributed by atoms with van der Waals surface area (Å²) in [6, 6.07) is 5.76. The van der Waals surface area contributed by atoms with Crippen LogP contribution < -0.4 is 10.6 Å². The molecular weight excluding hydrogens is 355 g/mol. The molecule has 1 aromatic carbocycles. The first-order valence-corrected chi connectivity index (χ1v) is 9.39. The maximum atomic E-state index is 13.8. The van der Waals surface area contributed by atoms with Gasteiger partial charge in [-0.2, -0.15) is 0 Å². The Balaban J connectivity index is 1.66. The number of hydrogen-bond donors (Lipinski definition) is 2. The molecule has 3 amide bonds. The number of urea groups is 1. The Hall–Kier alpha value is -2.48. The molecule has 1 aliphatic rings. The van der Waals surface area contributed by atoms with E-state index in [1.165, 1.54) is 23.5 Å². The van der Waals surface area contributed by atoms with E-state index < -0.39 is 11.8 Å². The highest BCUT2D eigenvalue weighted by atomic mass is 32.1. The molecule has 2 aromatic rings. The Kier molecular flexibility index (Phi) is 5.51. The van der Waals surface area contributed by atoms with Gasteiger partial charge in [-0.3, -0.25) is 4.79 Å². The lowest BCUT2D eigenvalue weighted by Crippen LogP contribution is -2.39. The van der Waals surface area contributed by atoms with Crippen LogP contribution in [-0.4, -0.2) is 33.9 Å². The minimum absolute atomic E-state index is 0.116. The van der Waals surface area contributed by atoms with Crippen molar-refractivity contribution in [3.8, 4) is 0 Å². The van der Waals surface area contributed by atoms with Crippen LogP contribution in [0.5, 0.6) is 0 Å². The Morgan fingerprint density at radius 3 is 2.73 bits per heavy atom. The second-order valence-electron chi connectivity index (χ2n) is 6.51. The molecule has 2 N–H and O–H groups in total. The topological polar surface area (TPSA) is 74.3 Å². The van der Waals surface area contributed by atoms with Gasteiger partial charge >= 0.3 is 6.03 Å². The number of hydrogen-bond acceptors (Lipinski definition) is 4. The molecule has 138 valence electrons. The first-order valence-electron chi connectivity index (χ1n) is 8.51. The van der Waals surface area contributed by atoms with Gasteiger partial charge < -0.3 is 15.5 Å². The zero-order valence-electron chi connectivity index (χ0n) is 14.7. The second kappa shape index (κ2) is 7.82. The number of halogens is 1. The predicted octanol–water partition coefficient (Wildman–Crippen LogP) is 3.62. The van der Waals surface area contributed by atoms with E-state index in [4.69, 9.17) is 0 Å². The summed E-state index contributed by atoms with van der Waals surface area (Å²) >= 11 is 1.33. The maximum Gasteiger partial charge on any atom is 0.322 e. The molecule has 0 spiro atoms. The van der Waals surface area contributed by atoms with Crippen LogP contribution in [-0.2, 0) is 6.54 Å². The molecule has 0 radical (unpaired) electrons. The van der Waals surface area contributed by atoms with E-state index in [0.29, 0.717) is 10.7 Å². The molecule has 1 aliphatic carbocycles. The lowest BCUT2D eigenvalue weighted by molar-refractivity contribution is 0.0946. The fraction of sp³-hybridized carbons (Fsp3) is 0.389. The highest BCUT2D eigenvalue weighted by Crippen LogP contribution is 2.21. The van der Waals surface area contributed by atoms with Crippen molar-refractivity contribution in [2.45, 2.75) is 45.3 Å². The second-order valence-corrected chi connectivity index (χ2v) is 7.45. The van der Waals surface area contributed by atoms with Crippen LogP contribution in [0.3, 0.4) is 0 Å². The van der Waals surface area contributed by atoms with Crippen molar-refractivity contribution in [1.82, 2.24) is 15.2 Å². The van der Waals surface area contributed by atoms with Crippen LogP contribution in [0.2, 0.25) is 0 Å². The first kappa shape index (κ1) is 18.3. The molecular formula is C18H21FN4O2S. The summed E-state index contributed by atoms with van der Waals surface area (Å²) < 4.78 is 13.8. The molecule has 1 fully saturated rings. The van der Waals surface area contributed by atoms with Gasteiger partial charge in [0.1, 0.15) is 16.5 Å². The van der Waals surface area contributed by atoms with Crippen LogP contribution in [0.1, 0.15) is 42.2 Å². The molecule has 6 nitrogen and oxygen atoms in total. The molecule has 1 heterocycles. The van der Waals surface area contributed by atoms with Crippen LogP contribution in [0.25, 0.3) is 0 Å². The maximum absolute atomic E-state index is 13.8. The minimum Gasteiger partial charge on any atom is -0.348 e. The number of carbonyl (C=O) groups is 2. The van der Waals surface area contributed by atoms with Gasteiger partial charge in [0, 0.05) is 17.5 Å². The zero-order chi connectivity index (χ0) is 18.7. The minimum atomic E-state index is -0.488. The smallest absolute Gasteiger partial charge is 0.322 e. The zero-order valence-corrected chi connectivity index (χ0v) is 15.5. The Labute approximate surface area is 155 Å². The van der Waals surface area contributed by atoms with Crippen molar-refractivity contribution in [3.05, 3.63) is 46.2 Å². The van der Waals surface area contributed by atoms with Crippen LogP contribution in [0.4, 0.5) is 14.9 Å². The lowest BCUT2D eigenvalue weighted by Gasteiger charge is -2.26. The van der Waals surface area contributed by atoms with Crippen molar-refractivity contribution >= 4 is 29.0 Å². The molecule has 26 heavy (non-hydrogen) atoms. The molecule has 0 unspecified atom stereocenters. The fourth-order valence-corrected chi connectivity index (χ4v) is 3.13. The number of amides is 3. The number of benzene rings is 1. The normalized spacial score (nSPS) is 13.5. The predicted molar refractivity (Wildman–Crippen MR) is 98.7 cm³/mol. The number of carbonyl (C=O) groups excluding carboxylic acids is 2. The molecule has 8 heteroatoms. The molecule has 1 aromatic heterocycles. The van der Waals surface area contributed by atoms with Gasteiger partial charge in [0.2, 0.25) is 0 Å². The van der Waals surface area contributed by atoms with Gasteiger partial charge in [-0.1, -0.05) is 12.1 Å². The summed E-state index contributed by atoms with van der Waals surface area (Å²) in [6.07, 6.45) is 2.03. The lowest BCUT2D eigenvalue weighted by atomic mass is 10.3. The number of aromatic nitrogens is 1. The average Bonchev–Trinajstić information content (AvgIpc) is 3.28. The first-order chi connectivity index (χ1) is 12.4. The summed E-state index contributed by atoms with van der Waals surface area (Å²) in [5.41, 5.74) is 0.502. The van der Waals surface area contributed by atoms with Crippen molar-refractivity contribution in [2.75, 3.05) is 5.32 Å². The van der Waals surface area contributed by atoms with Gasteiger partial charge in [-0.05, 0) is 38.8 Å². The quantitative estimate of drug-likeness (QED) is 0.809. The molecule has 1 saturated carbocycles. The van der Waals surface area contributed by atoms with E-state index in [-0.39, 0.29) is 30.2 Å². The molecule has 0 bridgehead atoms. The van der Waals surface area contributed by atoms with E-state index >= 15 is 0 Å². The highest BCUT2D eigenvalue weighted by Gasteiger charge is 2.25. The SMILES string of the molecule is CC(C)N(Cc1nc(C(=O)NC2CC2)cs1)C(=O)Nc1ccccc1F. The Morgan fingerprint density at radius 1 is 1.35 bits per heavy atom. The van der Waals surface area contributed by atoms with Gasteiger partial charge in [-0.15, -0.1) is 11.3 Å². The summed E-state index contributed by atoms with van der Waals surface area (Å²) in [4.78, 5) is 30.5. The molecule has 0 aliphatic heterocycles.